The van der Waals surface area contributed by atoms with Gasteiger partial charge in [-0.2, -0.15) is 0 Å². The summed E-state index contributed by atoms with van der Waals surface area (Å²) in [7, 11) is 0. The van der Waals surface area contributed by atoms with Crippen LogP contribution in [0.25, 0.3) is 0 Å². The Morgan fingerprint density at radius 2 is 1.54 bits per heavy atom. The van der Waals surface area contributed by atoms with Crippen molar-refractivity contribution in [3.63, 3.8) is 0 Å². The van der Waals surface area contributed by atoms with Crippen molar-refractivity contribution in [1.29, 1.82) is 0 Å². The van der Waals surface area contributed by atoms with Gasteiger partial charge >= 0.3 is 29.6 Å². The molecule has 2 aromatic rings. The second kappa shape index (κ2) is 10.8. The number of aliphatic carboxylic acids is 1. The third-order valence-electron chi connectivity index (χ3n) is 2.87. The molecule has 0 saturated heterocycles. The number of benzene rings is 2. The summed E-state index contributed by atoms with van der Waals surface area (Å²) in [6.07, 6.45) is 0.232. The molecule has 0 heterocycles. The minimum absolute atomic E-state index is 0. The minimum atomic E-state index is -1.25. The molecule has 122 valence electrons. The Morgan fingerprint density at radius 3 is 2.00 bits per heavy atom. The van der Waals surface area contributed by atoms with Gasteiger partial charge in [-0.1, -0.05) is 0 Å². The Kier molecular flexibility index (Phi) is 10.6. The van der Waals surface area contributed by atoms with Crippen molar-refractivity contribution in [1.82, 2.24) is 0 Å². The van der Waals surface area contributed by atoms with E-state index in [2.05, 4.69) is 96.4 Å². The molecule has 0 fully saturated rings. The number of carboxylic acid groups (broad SMARTS) is 1. The number of nitrogens with two attached hydrogens (primary N) is 1. The number of rotatable bonds is 5. The maximum Gasteiger partial charge on any atom is 1.00 e. The van der Waals surface area contributed by atoms with E-state index in [9.17, 15) is 9.90 Å². The molecule has 2 rings (SSSR count). The molecule has 0 amide bonds. The first-order valence-corrected chi connectivity index (χ1v) is 10.7. The van der Waals surface area contributed by atoms with Crippen LogP contribution in [-0.4, -0.2) is 12.0 Å². The van der Waals surface area contributed by atoms with E-state index in [0.717, 1.165) is 31.3 Å². The quantitative estimate of drug-likeness (QED) is 0.355. The molecular formula is C15H10I4NNaO3. The molecule has 0 aliphatic heterocycles. The zero-order valence-corrected chi connectivity index (χ0v) is 23.1. The molecule has 9 heteroatoms. The molecule has 0 radical (unpaired) electrons. The van der Waals surface area contributed by atoms with Gasteiger partial charge in [0.05, 0.1) is 13.1 Å². The molecule has 24 heavy (non-hydrogen) atoms. The average molecular weight is 783 g/mol. The molecule has 0 aliphatic carbocycles. The number of ether oxygens (including phenoxy) is 1. The van der Waals surface area contributed by atoms with Gasteiger partial charge in [0.2, 0.25) is 0 Å². The first-order valence-electron chi connectivity index (χ1n) is 6.34. The van der Waals surface area contributed by atoms with Crippen molar-refractivity contribution in [2.75, 3.05) is 0 Å². The van der Waals surface area contributed by atoms with Crippen LogP contribution in [0.3, 0.4) is 0 Å². The van der Waals surface area contributed by atoms with Crippen LogP contribution < -0.4 is 45.1 Å². The van der Waals surface area contributed by atoms with Crippen molar-refractivity contribution in [2.45, 2.75) is 12.5 Å². The Morgan fingerprint density at radius 1 is 1.04 bits per heavy atom. The maximum absolute atomic E-state index is 10.8. The van der Waals surface area contributed by atoms with Crippen LogP contribution in [0.4, 0.5) is 0 Å². The second-order valence-corrected chi connectivity index (χ2v) is 9.54. The van der Waals surface area contributed by atoms with Crippen LogP contribution in [-0.2, 0) is 11.2 Å². The van der Waals surface area contributed by atoms with Gasteiger partial charge in [0.25, 0.3) is 0 Å². The fourth-order valence-corrected chi connectivity index (χ4v) is 5.87. The van der Waals surface area contributed by atoms with Crippen molar-refractivity contribution >= 4 is 96.3 Å². The SMILES string of the molecule is N[C@@H](Cc1cc(I)c(Oc2cc(I)cc(I)c2)c(I)c1)C(=O)[O-].[Na+]. The number of carbonyl (C=O) groups is 1. The topological polar surface area (TPSA) is 75.4 Å². The van der Waals surface area contributed by atoms with Gasteiger partial charge in [-0.05, 0) is 133 Å². The van der Waals surface area contributed by atoms with Gasteiger partial charge in [-0.25, -0.2) is 0 Å². The molecule has 0 spiro atoms. The number of hydrogen-bond acceptors (Lipinski definition) is 4. The molecule has 0 saturated carbocycles. The Balaban J connectivity index is 0.00000288. The first kappa shape index (κ1) is 23.6. The number of carbonyl (C=O) groups excluding carboxylic acids is 1. The molecule has 2 N–H and O–H groups in total. The summed E-state index contributed by atoms with van der Waals surface area (Å²) in [5, 5.41) is 10.8. The van der Waals surface area contributed by atoms with Crippen LogP contribution in [0.5, 0.6) is 11.5 Å². The Bertz CT molecular complexity index is 714. The second-order valence-electron chi connectivity index (χ2n) is 4.73. The van der Waals surface area contributed by atoms with E-state index in [1.165, 1.54) is 0 Å². The standard InChI is InChI=1S/C15H11I4NO3.Na/c16-8-4-9(17)6-10(5-8)23-14-11(18)1-7(2-12(14)19)3-13(20)15(21)22;/h1-2,4-6,13H,3,20H2,(H,21,22);/q;+1/p-1/t13-;/m0./s1. The molecular weight excluding hydrogens is 773 g/mol. The predicted octanol–water partition coefficient (Wildman–Crippen LogP) is 0.521. The normalized spacial score (nSPS) is 11.5. The van der Waals surface area contributed by atoms with Crippen molar-refractivity contribution in [3.05, 3.63) is 50.2 Å². The molecule has 0 unspecified atom stereocenters. The van der Waals surface area contributed by atoms with Crippen molar-refractivity contribution in [2.24, 2.45) is 5.73 Å². The average Bonchev–Trinajstić information content (AvgIpc) is 2.41. The largest absolute Gasteiger partial charge is 1.00 e. The van der Waals surface area contributed by atoms with E-state index >= 15 is 0 Å². The van der Waals surface area contributed by atoms with Crippen LogP contribution in [0.15, 0.2) is 30.3 Å². The van der Waals surface area contributed by atoms with Gasteiger partial charge in [0.15, 0.2) is 5.75 Å². The monoisotopic (exact) mass is 783 g/mol. The Labute approximate surface area is 216 Å². The third kappa shape index (κ3) is 6.96. The van der Waals surface area contributed by atoms with Crippen LogP contribution in [0.1, 0.15) is 5.56 Å². The van der Waals surface area contributed by atoms with Crippen LogP contribution in [0.2, 0.25) is 0 Å². The number of carboxylic acids is 1. The van der Waals surface area contributed by atoms with Gasteiger partial charge < -0.3 is 20.4 Å². The minimum Gasteiger partial charge on any atom is -0.548 e. The molecule has 0 bridgehead atoms. The summed E-state index contributed by atoms with van der Waals surface area (Å²) in [4.78, 5) is 10.8. The summed E-state index contributed by atoms with van der Waals surface area (Å²) < 4.78 is 10.0. The Hall–Kier alpha value is 1.59. The van der Waals surface area contributed by atoms with Gasteiger partial charge in [-0.15, -0.1) is 0 Å². The molecule has 2 aromatic carbocycles. The van der Waals surface area contributed by atoms with E-state index in [1.807, 2.05) is 24.3 Å². The van der Waals surface area contributed by atoms with E-state index in [-0.39, 0.29) is 36.0 Å². The number of hydrogen-bond donors (Lipinski definition) is 1. The van der Waals surface area contributed by atoms with E-state index in [4.69, 9.17) is 10.5 Å². The van der Waals surface area contributed by atoms with Crippen molar-refractivity contribution < 1.29 is 44.2 Å². The van der Waals surface area contributed by atoms with Crippen molar-refractivity contribution in [3.8, 4) is 11.5 Å². The predicted molar refractivity (Wildman–Crippen MR) is 121 cm³/mol. The van der Waals surface area contributed by atoms with Gasteiger partial charge in [0, 0.05) is 13.2 Å². The fraction of sp³-hybridized carbons (Fsp3) is 0.133. The summed E-state index contributed by atoms with van der Waals surface area (Å²) in [5.74, 6) is 0.287. The third-order valence-corrected chi connectivity index (χ3v) is 5.72. The summed E-state index contributed by atoms with van der Waals surface area (Å²) in [6.45, 7) is 0. The maximum atomic E-state index is 10.8. The first-order chi connectivity index (χ1) is 10.8. The zero-order chi connectivity index (χ0) is 17.1. The summed E-state index contributed by atoms with van der Waals surface area (Å²) >= 11 is 8.87. The van der Waals surface area contributed by atoms with Crippen LogP contribution >= 0.6 is 90.4 Å². The van der Waals surface area contributed by atoms with Crippen LogP contribution in [0, 0.1) is 14.3 Å². The molecule has 0 aromatic heterocycles. The van der Waals surface area contributed by atoms with E-state index in [1.54, 1.807) is 0 Å². The molecule has 0 aliphatic rings. The molecule has 1 atom stereocenters. The molecule has 4 nitrogen and oxygen atoms in total. The summed E-state index contributed by atoms with van der Waals surface area (Å²) in [6, 6.07) is 8.77. The van der Waals surface area contributed by atoms with E-state index in [0.29, 0.717) is 0 Å². The van der Waals surface area contributed by atoms with Gasteiger partial charge in [0.1, 0.15) is 5.75 Å². The summed E-state index contributed by atoms with van der Waals surface area (Å²) in [5.41, 5.74) is 6.39. The smallest absolute Gasteiger partial charge is 0.548 e. The number of halogens is 4. The van der Waals surface area contributed by atoms with Gasteiger partial charge in [-0.3, -0.25) is 0 Å². The fourth-order valence-electron chi connectivity index (χ4n) is 1.87. The van der Waals surface area contributed by atoms with E-state index < -0.39 is 12.0 Å². The zero-order valence-electron chi connectivity index (χ0n) is 12.5.